The molecule has 6 nitrogen and oxygen atoms in total. The van der Waals surface area contributed by atoms with E-state index in [-0.39, 0.29) is 35.4 Å². The van der Waals surface area contributed by atoms with Crippen molar-refractivity contribution in [2.75, 3.05) is 5.75 Å². The van der Waals surface area contributed by atoms with E-state index in [9.17, 15) is 19.5 Å². The first-order chi connectivity index (χ1) is 15.3. The maximum absolute atomic E-state index is 13.9. The molecule has 0 saturated carbocycles. The highest BCUT2D eigenvalue weighted by Gasteiger charge is 2.59. The van der Waals surface area contributed by atoms with Gasteiger partial charge in [0.2, 0.25) is 11.8 Å². The Labute approximate surface area is 208 Å². The number of imide groups is 1. The van der Waals surface area contributed by atoms with Gasteiger partial charge in [-0.1, -0.05) is 57.6 Å². The number of H-pyrrole nitrogens is 1. The number of carbonyl (C=O) groups is 2. The number of aromatic nitrogens is 1. The summed E-state index contributed by atoms with van der Waals surface area (Å²) in [6, 6.07) is 12.9. The molecule has 2 aliphatic rings. The molecular formula is C22H16Br2N2O4S2. The minimum absolute atomic E-state index is 0.00182. The summed E-state index contributed by atoms with van der Waals surface area (Å²) in [6.45, 7) is 0.196. The minimum atomic E-state index is -1.09. The summed E-state index contributed by atoms with van der Waals surface area (Å²) < 4.78 is 1.19. The number of halogens is 2. The molecule has 1 spiro atoms. The van der Waals surface area contributed by atoms with Gasteiger partial charge in [-0.25, -0.2) is 0 Å². The van der Waals surface area contributed by atoms with E-state index in [0.29, 0.717) is 30.2 Å². The summed E-state index contributed by atoms with van der Waals surface area (Å²) in [4.78, 5) is 43.8. The second kappa shape index (κ2) is 8.16. The number of phenolic OH excluding ortho intramolecular Hbond substituents is 1. The van der Waals surface area contributed by atoms with E-state index in [1.165, 1.54) is 16.7 Å². The van der Waals surface area contributed by atoms with Gasteiger partial charge >= 0.3 is 4.87 Å². The fourth-order valence-corrected chi connectivity index (χ4v) is 8.30. The number of thiazole rings is 1. The molecule has 2 N–H and O–H groups in total. The molecule has 1 saturated heterocycles. The maximum Gasteiger partial charge on any atom is 0.305 e. The Hall–Kier alpha value is -1.88. The SMILES string of the molecule is O=C1C[C@@]2(CSc3[nH]c(=O)sc3[C@H]2c2cc(Br)cc(Br)c2O)C(=O)N1Cc1ccccc1. The summed E-state index contributed by atoms with van der Waals surface area (Å²) in [6.07, 6.45) is 0.0193. The zero-order chi connectivity index (χ0) is 22.6. The summed E-state index contributed by atoms with van der Waals surface area (Å²) in [5.41, 5.74) is 0.281. The minimum Gasteiger partial charge on any atom is -0.506 e. The Balaban J connectivity index is 1.66. The molecule has 2 aliphatic heterocycles. The molecule has 0 aliphatic carbocycles. The molecule has 1 aromatic heterocycles. The Kier molecular flexibility index (Phi) is 5.59. The molecular weight excluding hydrogens is 580 g/mol. The predicted octanol–water partition coefficient (Wildman–Crippen LogP) is 4.85. The average molecular weight is 596 g/mol. The highest BCUT2D eigenvalue weighted by Crippen LogP contribution is 2.59. The highest BCUT2D eigenvalue weighted by molar-refractivity contribution is 9.11. The topological polar surface area (TPSA) is 90.5 Å². The first-order valence-electron chi connectivity index (χ1n) is 9.72. The number of thioether (sulfide) groups is 1. The van der Waals surface area contributed by atoms with Crippen LogP contribution in [-0.2, 0) is 16.1 Å². The average Bonchev–Trinajstić information content (AvgIpc) is 3.24. The lowest BCUT2D eigenvalue weighted by molar-refractivity contribution is -0.142. The Bertz CT molecular complexity index is 1310. The van der Waals surface area contributed by atoms with Gasteiger partial charge in [-0.2, -0.15) is 0 Å². The highest BCUT2D eigenvalue weighted by atomic mass is 79.9. The fraction of sp³-hybridized carbons (Fsp3) is 0.227. The molecule has 3 heterocycles. The van der Waals surface area contributed by atoms with Crippen LogP contribution in [0.4, 0.5) is 0 Å². The van der Waals surface area contributed by atoms with Gasteiger partial charge in [-0.05, 0) is 33.6 Å². The number of likely N-dealkylation sites (tertiary alicyclic amines) is 1. The third-order valence-corrected chi connectivity index (χ3v) is 9.33. The number of aromatic hydroxyl groups is 1. The molecule has 0 bridgehead atoms. The van der Waals surface area contributed by atoms with Gasteiger partial charge in [0, 0.05) is 33.0 Å². The van der Waals surface area contributed by atoms with Crippen LogP contribution < -0.4 is 4.87 Å². The molecule has 1 fully saturated rings. The van der Waals surface area contributed by atoms with Crippen LogP contribution in [0.1, 0.15) is 28.3 Å². The van der Waals surface area contributed by atoms with Crippen molar-refractivity contribution in [1.82, 2.24) is 9.88 Å². The van der Waals surface area contributed by atoms with Crippen molar-refractivity contribution < 1.29 is 14.7 Å². The number of amides is 2. The van der Waals surface area contributed by atoms with Crippen molar-refractivity contribution in [3.63, 3.8) is 0 Å². The largest absolute Gasteiger partial charge is 0.506 e. The number of carbonyl (C=O) groups excluding carboxylic acids is 2. The number of hydrogen-bond acceptors (Lipinski definition) is 6. The second-order valence-corrected chi connectivity index (χ2v) is 11.6. The van der Waals surface area contributed by atoms with Crippen molar-refractivity contribution in [3.05, 3.63) is 77.1 Å². The van der Waals surface area contributed by atoms with Crippen molar-refractivity contribution in [2.45, 2.75) is 23.9 Å². The van der Waals surface area contributed by atoms with Crippen LogP contribution in [0.5, 0.6) is 5.75 Å². The molecule has 2 atom stereocenters. The molecule has 32 heavy (non-hydrogen) atoms. The Morgan fingerprint density at radius 3 is 2.66 bits per heavy atom. The smallest absolute Gasteiger partial charge is 0.305 e. The van der Waals surface area contributed by atoms with Gasteiger partial charge in [0.15, 0.2) is 0 Å². The summed E-state index contributed by atoms with van der Waals surface area (Å²) >= 11 is 9.25. The first kappa shape index (κ1) is 21.9. The third kappa shape index (κ3) is 3.48. The quantitative estimate of drug-likeness (QED) is 0.423. The standard InChI is InChI=1S/C22H16Br2N2O4S2/c23-12-6-13(17(28)14(24)7-12)16-18-19(25-21(30)32-18)31-10-22(16)8-15(27)26(20(22)29)9-11-4-2-1-3-5-11/h1-7,16,28H,8-10H2,(H,25,30)/t16-,22+/m1/s1. The number of hydrogen-bond donors (Lipinski definition) is 2. The van der Waals surface area contributed by atoms with E-state index in [0.717, 1.165) is 16.9 Å². The lowest BCUT2D eigenvalue weighted by Crippen LogP contribution is -2.43. The molecule has 2 amide bonds. The van der Waals surface area contributed by atoms with E-state index < -0.39 is 11.3 Å². The van der Waals surface area contributed by atoms with Gasteiger partial charge in [-0.3, -0.25) is 19.3 Å². The summed E-state index contributed by atoms with van der Waals surface area (Å²) in [5, 5.41) is 11.6. The zero-order valence-corrected chi connectivity index (χ0v) is 21.2. The number of phenols is 1. The van der Waals surface area contributed by atoms with E-state index in [4.69, 9.17) is 0 Å². The number of fused-ring (bicyclic) bond motifs is 1. The third-order valence-electron chi connectivity index (χ3n) is 5.92. The van der Waals surface area contributed by atoms with Gasteiger partial charge in [0.25, 0.3) is 0 Å². The number of nitrogens with zero attached hydrogens (tertiary/aromatic N) is 1. The Morgan fingerprint density at radius 2 is 1.91 bits per heavy atom. The first-order valence-corrected chi connectivity index (χ1v) is 13.1. The number of aromatic amines is 1. The van der Waals surface area contributed by atoms with Gasteiger partial charge in [0.1, 0.15) is 5.75 Å². The van der Waals surface area contributed by atoms with E-state index >= 15 is 0 Å². The van der Waals surface area contributed by atoms with E-state index in [2.05, 4.69) is 36.8 Å². The van der Waals surface area contributed by atoms with Crippen molar-refractivity contribution in [1.29, 1.82) is 0 Å². The molecule has 164 valence electrons. The Morgan fingerprint density at radius 1 is 1.16 bits per heavy atom. The molecule has 5 rings (SSSR count). The van der Waals surface area contributed by atoms with Crippen LogP contribution in [0, 0.1) is 5.41 Å². The maximum atomic E-state index is 13.9. The van der Waals surface area contributed by atoms with Crippen LogP contribution in [0.3, 0.4) is 0 Å². The van der Waals surface area contributed by atoms with Crippen molar-refractivity contribution >= 4 is 66.8 Å². The van der Waals surface area contributed by atoms with Gasteiger partial charge in [-0.15, -0.1) is 11.8 Å². The molecule has 0 unspecified atom stereocenters. The summed E-state index contributed by atoms with van der Waals surface area (Å²) in [5.74, 6) is -0.821. The van der Waals surface area contributed by atoms with E-state index in [1.807, 2.05) is 30.3 Å². The lowest BCUT2D eigenvalue weighted by atomic mass is 9.70. The lowest BCUT2D eigenvalue weighted by Gasteiger charge is -2.38. The van der Waals surface area contributed by atoms with Crippen LogP contribution in [0.15, 0.2) is 61.2 Å². The van der Waals surface area contributed by atoms with Crippen LogP contribution in [0.2, 0.25) is 0 Å². The van der Waals surface area contributed by atoms with Crippen molar-refractivity contribution in [2.24, 2.45) is 5.41 Å². The molecule has 2 aromatic carbocycles. The number of nitrogens with one attached hydrogen (secondary N) is 1. The summed E-state index contributed by atoms with van der Waals surface area (Å²) in [7, 11) is 0. The van der Waals surface area contributed by atoms with Gasteiger partial charge in [0.05, 0.1) is 21.5 Å². The monoisotopic (exact) mass is 594 g/mol. The molecule has 10 heteroatoms. The second-order valence-electron chi connectivity index (χ2n) is 7.86. The van der Waals surface area contributed by atoms with E-state index in [1.54, 1.807) is 12.1 Å². The predicted molar refractivity (Wildman–Crippen MR) is 130 cm³/mol. The number of benzene rings is 2. The number of rotatable bonds is 3. The molecule has 0 radical (unpaired) electrons. The molecule has 3 aromatic rings. The van der Waals surface area contributed by atoms with Crippen LogP contribution in [0.25, 0.3) is 0 Å². The zero-order valence-electron chi connectivity index (χ0n) is 16.4. The normalized spacial score (nSPS) is 22.6. The van der Waals surface area contributed by atoms with Crippen LogP contribution in [-0.4, -0.2) is 32.6 Å². The fourth-order valence-electron chi connectivity index (χ4n) is 4.49. The van der Waals surface area contributed by atoms with Gasteiger partial charge < -0.3 is 10.1 Å². The van der Waals surface area contributed by atoms with Crippen LogP contribution >= 0.6 is 55.0 Å². The van der Waals surface area contributed by atoms with Crippen molar-refractivity contribution in [3.8, 4) is 5.75 Å².